The van der Waals surface area contributed by atoms with E-state index in [4.69, 9.17) is 9.47 Å². The molecule has 0 N–H and O–H groups in total. The number of rotatable bonds is 3. The van der Waals surface area contributed by atoms with Crippen LogP contribution in [-0.4, -0.2) is 18.7 Å². The van der Waals surface area contributed by atoms with Gasteiger partial charge < -0.3 is 9.47 Å². The number of esters is 1. The van der Waals surface area contributed by atoms with Gasteiger partial charge >= 0.3 is 5.97 Å². The molecule has 1 atom stereocenters. The SMILES string of the molecule is Cc1ccc2c(c1)C(=O)OC(COc1ccccc1)C2. The molecule has 0 saturated carbocycles. The van der Waals surface area contributed by atoms with E-state index in [9.17, 15) is 4.79 Å². The summed E-state index contributed by atoms with van der Waals surface area (Å²) in [7, 11) is 0. The molecule has 0 radical (unpaired) electrons. The first-order valence-electron chi connectivity index (χ1n) is 6.71. The number of ether oxygens (including phenoxy) is 2. The third-order valence-corrected chi connectivity index (χ3v) is 3.39. The average molecular weight is 268 g/mol. The van der Waals surface area contributed by atoms with Crippen molar-refractivity contribution in [2.45, 2.75) is 19.4 Å². The standard InChI is InChI=1S/C17H16O3/c1-12-7-8-13-10-15(20-17(18)16(13)9-12)11-19-14-5-3-2-4-6-14/h2-9,15H,10-11H2,1H3. The lowest BCUT2D eigenvalue weighted by atomic mass is 9.97. The van der Waals surface area contributed by atoms with Crippen LogP contribution in [0.3, 0.4) is 0 Å². The molecular weight excluding hydrogens is 252 g/mol. The lowest BCUT2D eigenvalue weighted by Crippen LogP contribution is -2.32. The molecule has 1 unspecified atom stereocenters. The van der Waals surface area contributed by atoms with Gasteiger partial charge in [0.2, 0.25) is 0 Å². The predicted molar refractivity (Wildman–Crippen MR) is 76.0 cm³/mol. The molecule has 0 aromatic heterocycles. The number of hydrogen-bond acceptors (Lipinski definition) is 3. The van der Waals surface area contributed by atoms with Crippen LogP contribution in [0.4, 0.5) is 0 Å². The Balaban J connectivity index is 1.69. The summed E-state index contributed by atoms with van der Waals surface area (Å²) in [6.45, 7) is 2.35. The Morgan fingerprint density at radius 2 is 2.00 bits per heavy atom. The second kappa shape index (κ2) is 5.37. The van der Waals surface area contributed by atoms with Crippen LogP contribution in [-0.2, 0) is 11.2 Å². The molecule has 3 nitrogen and oxygen atoms in total. The van der Waals surface area contributed by atoms with Crippen molar-refractivity contribution >= 4 is 5.97 Å². The van der Waals surface area contributed by atoms with Gasteiger partial charge in [-0.05, 0) is 30.7 Å². The van der Waals surface area contributed by atoms with E-state index in [2.05, 4.69) is 0 Å². The number of para-hydroxylation sites is 1. The summed E-state index contributed by atoms with van der Waals surface area (Å²) in [5.74, 6) is 0.537. The van der Waals surface area contributed by atoms with E-state index >= 15 is 0 Å². The van der Waals surface area contributed by atoms with Crippen LogP contribution in [0.25, 0.3) is 0 Å². The lowest BCUT2D eigenvalue weighted by molar-refractivity contribution is 0.0129. The Morgan fingerprint density at radius 3 is 2.80 bits per heavy atom. The largest absolute Gasteiger partial charge is 0.490 e. The Hall–Kier alpha value is -2.29. The third-order valence-electron chi connectivity index (χ3n) is 3.39. The molecule has 1 heterocycles. The first-order valence-corrected chi connectivity index (χ1v) is 6.71. The molecule has 3 rings (SSSR count). The minimum absolute atomic E-state index is 0.224. The van der Waals surface area contributed by atoms with Crippen molar-refractivity contribution in [1.29, 1.82) is 0 Å². The smallest absolute Gasteiger partial charge is 0.338 e. The molecule has 0 amide bonds. The molecule has 0 spiro atoms. The molecule has 2 aromatic carbocycles. The van der Waals surface area contributed by atoms with Gasteiger partial charge in [-0.2, -0.15) is 0 Å². The number of cyclic esters (lactones) is 1. The number of hydrogen-bond donors (Lipinski definition) is 0. The number of fused-ring (bicyclic) bond motifs is 1. The van der Waals surface area contributed by atoms with Gasteiger partial charge in [-0.3, -0.25) is 0 Å². The topological polar surface area (TPSA) is 35.5 Å². The van der Waals surface area contributed by atoms with E-state index in [0.29, 0.717) is 18.6 Å². The Morgan fingerprint density at radius 1 is 1.20 bits per heavy atom. The van der Waals surface area contributed by atoms with Gasteiger partial charge in [-0.1, -0.05) is 35.9 Å². The van der Waals surface area contributed by atoms with Crippen LogP contribution < -0.4 is 4.74 Å². The molecule has 102 valence electrons. The van der Waals surface area contributed by atoms with Gasteiger partial charge in [0.05, 0.1) is 5.56 Å². The molecular formula is C17H16O3. The molecule has 1 aliphatic heterocycles. The van der Waals surface area contributed by atoms with Crippen LogP contribution in [0, 0.1) is 6.92 Å². The molecule has 0 aliphatic carbocycles. The summed E-state index contributed by atoms with van der Waals surface area (Å²) in [5.41, 5.74) is 2.79. The van der Waals surface area contributed by atoms with Crippen molar-refractivity contribution in [3.63, 3.8) is 0 Å². The zero-order valence-electron chi connectivity index (χ0n) is 11.3. The quantitative estimate of drug-likeness (QED) is 0.802. The highest BCUT2D eigenvalue weighted by Gasteiger charge is 2.26. The van der Waals surface area contributed by atoms with E-state index in [1.807, 2.05) is 55.5 Å². The van der Waals surface area contributed by atoms with Crippen molar-refractivity contribution in [1.82, 2.24) is 0 Å². The molecule has 2 aromatic rings. The van der Waals surface area contributed by atoms with Gasteiger partial charge in [0, 0.05) is 6.42 Å². The molecule has 1 aliphatic rings. The minimum Gasteiger partial charge on any atom is -0.490 e. The molecule has 0 saturated heterocycles. The van der Waals surface area contributed by atoms with Crippen LogP contribution in [0.5, 0.6) is 5.75 Å². The van der Waals surface area contributed by atoms with Crippen molar-refractivity contribution in [3.05, 3.63) is 65.2 Å². The first kappa shape index (κ1) is 12.7. The molecule has 20 heavy (non-hydrogen) atoms. The highest BCUT2D eigenvalue weighted by Crippen LogP contribution is 2.22. The number of carbonyl (C=O) groups excluding carboxylic acids is 1. The van der Waals surface area contributed by atoms with Crippen molar-refractivity contribution < 1.29 is 14.3 Å². The maximum atomic E-state index is 12.0. The van der Waals surface area contributed by atoms with E-state index in [1.165, 1.54) is 0 Å². The molecule has 0 fully saturated rings. The first-order chi connectivity index (χ1) is 9.72. The fourth-order valence-electron chi connectivity index (χ4n) is 2.36. The molecule has 3 heteroatoms. The van der Waals surface area contributed by atoms with Crippen molar-refractivity contribution in [3.8, 4) is 5.75 Å². The Bertz CT molecular complexity index is 619. The fourth-order valence-corrected chi connectivity index (χ4v) is 2.36. The highest BCUT2D eigenvalue weighted by molar-refractivity contribution is 5.92. The average Bonchev–Trinajstić information content (AvgIpc) is 2.47. The van der Waals surface area contributed by atoms with Crippen LogP contribution in [0.2, 0.25) is 0 Å². The fraction of sp³-hybridized carbons (Fsp3) is 0.235. The maximum Gasteiger partial charge on any atom is 0.338 e. The van der Waals surface area contributed by atoms with Crippen molar-refractivity contribution in [2.24, 2.45) is 0 Å². The second-order valence-electron chi connectivity index (χ2n) is 5.02. The summed E-state index contributed by atoms with van der Waals surface area (Å²) in [4.78, 5) is 12.0. The van der Waals surface area contributed by atoms with Crippen LogP contribution in [0.1, 0.15) is 21.5 Å². The van der Waals surface area contributed by atoms with E-state index < -0.39 is 0 Å². The van der Waals surface area contributed by atoms with E-state index in [-0.39, 0.29) is 12.1 Å². The van der Waals surface area contributed by atoms with Gasteiger partial charge in [0.25, 0.3) is 0 Å². The van der Waals surface area contributed by atoms with Gasteiger partial charge in [-0.15, -0.1) is 0 Å². The Labute approximate surface area is 118 Å². The summed E-state index contributed by atoms with van der Waals surface area (Å²) >= 11 is 0. The van der Waals surface area contributed by atoms with Gasteiger partial charge in [-0.25, -0.2) is 4.79 Å². The van der Waals surface area contributed by atoms with E-state index in [0.717, 1.165) is 16.9 Å². The summed E-state index contributed by atoms with van der Waals surface area (Å²) in [5, 5.41) is 0. The van der Waals surface area contributed by atoms with Crippen molar-refractivity contribution in [2.75, 3.05) is 6.61 Å². The number of aryl methyl sites for hydroxylation is 1. The zero-order chi connectivity index (χ0) is 13.9. The maximum absolute atomic E-state index is 12.0. The Kier molecular flexibility index (Phi) is 3.42. The second-order valence-corrected chi connectivity index (χ2v) is 5.02. The van der Waals surface area contributed by atoms with Crippen LogP contribution in [0.15, 0.2) is 48.5 Å². The summed E-state index contributed by atoms with van der Waals surface area (Å²) in [6.07, 6.45) is 0.478. The van der Waals surface area contributed by atoms with Gasteiger partial charge in [0.1, 0.15) is 18.5 Å². The monoisotopic (exact) mass is 268 g/mol. The van der Waals surface area contributed by atoms with Gasteiger partial charge in [0.15, 0.2) is 0 Å². The highest BCUT2D eigenvalue weighted by atomic mass is 16.6. The number of benzene rings is 2. The third kappa shape index (κ3) is 2.67. The lowest BCUT2D eigenvalue weighted by Gasteiger charge is -2.25. The predicted octanol–water partition coefficient (Wildman–Crippen LogP) is 3.16. The summed E-state index contributed by atoms with van der Waals surface area (Å²) < 4.78 is 11.1. The minimum atomic E-state index is -0.253. The normalized spacial score (nSPS) is 17.2. The number of carbonyl (C=O) groups is 1. The summed E-state index contributed by atoms with van der Waals surface area (Å²) in [6, 6.07) is 15.5. The molecule has 0 bridgehead atoms. The van der Waals surface area contributed by atoms with E-state index in [1.54, 1.807) is 0 Å². The zero-order valence-corrected chi connectivity index (χ0v) is 11.3. The van der Waals surface area contributed by atoms with Crippen LogP contribution >= 0.6 is 0 Å².